The zero-order valence-electron chi connectivity index (χ0n) is 11.7. The van der Waals surface area contributed by atoms with E-state index in [0.717, 1.165) is 10.5 Å². The summed E-state index contributed by atoms with van der Waals surface area (Å²) in [6.45, 7) is 0. The molecule has 2 aromatic rings. The monoisotopic (exact) mass is 320 g/mol. The third-order valence-corrected chi connectivity index (χ3v) is 5.06. The standard InChI is InChI=1S/C17H17ClO2S/c1-20-16(19)12-15(21-14-10-6-3-7-11-14)17(18)13-8-4-2-5-9-13/h2-11,15,17H,12H2,1H3. The van der Waals surface area contributed by atoms with Gasteiger partial charge in [-0.25, -0.2) is 0 Å². The largest absolute Gasteiger partial charge is 0.469 e. The van der Waals surface area contributed by atoms with E-state index in [1.54, 1.807) is 11.8 Å². The van der Waals surface area contributed by atoms with Gasteiger partial charge in [0, 0.05) is 10.1 Å². The Balaban J connectivity index is 2.17. The van der Waals surface area contributed by atoms with Gasteiger partial charge in [0.1, 0.15) is 0 Å². The van der Waals surface area contributed by atoms with Crippen LogP contribution in [-0.4, -0.2) is 18.3 Å². The maximum atomic E-state index is 11.7. The van der Waals surface area contributed by atoms with E-state index < -0.39 is 0 Å². The molecule has 2 rings (SSSR count). The van der Waals surface area contributed by atoms with Crippen molar-refractivity contribution in [2.45, 2.75) is 21.9 Å². The van der Waals surface area contributed by atoms with Gasteiger partial charge in [0.25, 0.3) is 0 Å². The van der Waals surface area contributed by atoms with Crippen LogP contribution in [0.15, 0.2) is 65.6 Å². The molecule has 0 fully saturated rings. The van der Waals surface area contributed by atoms with Gasteiger partial charge in [-0.1, -0.05) is 48.5 Å². The molecule has 0 radical (unpaired) electrons. The third kappa shape index (κ3) is 4.80. The predicted octanol–water partition coefficient (Wildman–Crippen LogP) is 4.69. The van der Waals surface area contributed by atoms with E-state index in [4.69, 9.17) is 16.3 Å². The SMILES string of the molecule is COC(=O)CC(Sc1ccccc1)C(Cl)c1ccccc1. The normalized spacial score (nSPS) is 13.4. The maximum Gasteiger partial charge on any atom is 0.306 e. The van der Waals surface area contributed by atoms with Crippen LogP contribution >= 0.6 is 23.4 Å². The number of benzene rings is 2. The summed E-state index contributed by atoms with van der Waals surface area (Å²) in [5.41, 5.74) is 1.01. The van der Waals surface area contributed by atoms with Crippen LogP contribution in [0.4, 0.5) is 0 Å². The number of esters is 1. The lowest BCUT2D eigenvalue weighted by atomic mass is 10.1. The minimum Gasteiger partial charge on any atom is -0.469 e. The Hall–Kier alpha value is -1.45. The van der Waals surface area contributed by atoms with Gasteiger partial charge >= 0.3 is 5.97 Å². The zero-order valence-corrected chi connectivity index (χ0v) is 13.3. The molecule has 0 heterocycles. The van der Waals surface area contributed by atoms with Crippen molar-refractivity contribution in [3.8, 4) is 0 Å². The molecule has 0 aliphatic rings. The molecule has 0 saturated heterocycles. The Morgan fingerprint density at radius 3 is 2.24 bits per heavy atom. The minimum absolute atomic E-state index is 0.0797. The van der Waals surface area contributed by atoms with Crippen molar-refractivity contribution in [2.24, 2.45) is 0 Å². The van der Waals surface area contributed by atoms with Crippen LogP contribution in [0.5, 0.6) is 0 Å². The lowest BCUT2D eigenvalue weighted by molar-refractivity contribution is -0.140. The average molecular weight is 321 g/mol. The number of hydrogen-bond donors (Lipinski definition) is 0. The molecule has 0 N–H and O–H groups in total. The van der Waals surface area contributed by atoms with Crippen LogP contribution in [-0.2, 0) is 9.53 Å². The van der Waals surface area contributed by atoms with Gasteiger partial charge in [-0.2, -0.15) is 0 Å². The lowest BCUT2D eigenvalue weighted by Crippen LogP contribution is -2.17. The van der Waals surface area contributed by atoms with Gasteiger partial charge in [0.2, 0.25) is 0 Å². The molecular weight excluding hydrogens is 304 g/mol. The quantitative estimate of drug-likeness (QED) is 0.439. The summed E-state index contributed by atoms with van der Waals surface area (Å²) in [7, 11) is 1.40. The first-order valence-corrected chi connectivity index (χ1v) is 8.00. The molecule has 2 aromatic carbocycles. The molecule has 0 aliphatic heterocycles. The second-order valence-electron chi connectivity index (χ2n) is 4.56. The molecule has 0 saturated carbocycles. The molecule has 0 aliphatic carbocycles. The van der Waals surface area contributed by atoms with E-state index in [9.17, 15) is 4.79 Å². The Morgan fingerprint density at radius 1 is 1.10 bits per heavy atom. The van der Waals surface area contributed by atoms with Crippen molar-refractivity contribution in [1.82, 2.24) is 0 Å². The smallest absolute Gasteiger partial charge is 0.306 e. The van der Waals surface area contributed by atoms with E-state index >= 15 is 0 Å². The van der Waals surface area contributed by atoms with Gasteiger partial charge in [-0.05, 0) is 17.7 Å². The first kappa shape index (κ1) is 15.9. The Kier molecular flexibility index (Phi) is 6.15. The molecule has 110 valence electrons. The number of hydrogen-bond acceptors (Lipinski definition) is 3. The number of alkyl halides is 1. The zero-order chi connectivity index (χ0) is 15.1. The molecule has 0 bridgehead atoms. The fourth-order valence-corrected chi connectivity index (χ4v) is 3.53. The molecule has 2 atom stereocenters. The van der Waals surface area contributed by atoms with Crippen molar-refractivity contribution in [1.29, 1.82) is 0 Å². The fraction of sp³-hybridized carbons (Fsp3) is 0.235. The molecule has 2 unspecified atom stereocenters. The Bertz CT molecular complexity index is 560. The summed E-state index contributed by atoms with van der Waals surface area (Å²) in [6.07, 6.45) is 0.277. The molecule has 0 amide bonds. The highest BCUT2D eigenvalue weighted by atomic mass is 35.5. The van der Waals surface area contributed by atoms with Crippen molar-refractivity contribution in [3.63, 3.8) is 0 Å². The van der Waals surface area contributed by atoms with Crippen LogP contribution < -0.4 is 0 Å². The van der Waals surface area contributed by atoms with E-state index in [-0.39, 0.29) is 23.0 Å². The summed E-state index contributed by atoms with van der Waals surface area (Å²) in [6, 6.07) is 19.8. The van der Waals surface area contributed by atoms with Gasteiger partial charge in [-0.15, -0.1) is 23.4 Å². The summed E-state index contributed by atoms with van der Waals surface area (Å²) in [4.78, 5) is 12.7. The predicted molar refractivity (Wildman–Crippen MR) is 87.8 cm³/mol. The Morgan fingerprint density at radius 2 is 1.67 bits per heavy atom. The summed E-state index contributed by atoms with van der Waals surface area (Å²) >= 11 is 8.20. The van der Waals surface area contributed by atoms with E-state index in [2.05, 4.69) is 0 Å². The number of halogens is 1. The highest BCUT2D eigenvalue weighted by molar-refractivity contribution is 8.00. The lowest BCUT2D eigenvalue weighted by Gasteiger charge is -2.21. The first-order chi connectivity index (χ1) is 10.2. The summed E-state index contributed by atoms with van der Waals surface area (Å²) < 4.78 is 4.79. The third-order valence-electron chi connectivity index (χ3n) is 3.07. The second-order valence-corrected chi connectivity index (χ2v) is 6.34. The Labute approximate surface area is 134 Å². The minimum atomic E-state index is -0.254. The topological polar surface area (TPSA) is 26.3 Å². The summed E-state index contributed by atoms with van der Waals surface area (Å²) in [5.74, 6) is -0.245. The molecule has 21 heavy (non-hydrogen) atoms. The number of carbonyl (C=O) groups excluding carboxylic acids is 1. The fourth-order valence-electron chi connectivity index (χ4n) is 1.98. The van der Waals surface area contributed by atoms with E-state index in [1.807, 2.05) is 60.7 Å². The number of ether oxygens (including phenoxy) is 1. The van der Waals surface area contributed by atoms with Gasteiger partial charge in [0.05, 0.1) is 18.9 Å². The van der Waals surface area contributed by atoms with Crippen LogP contribution in [0.2, 0.25) is 0 Å². The first-order valence-electron chi connectivity index (χ1n) is 6.68. The molecule has 4 heteroatoms. The molecular formula is C17H17ClO2S. The van der Waals surface area contributed by atoms with Gasteiger partial charge in [0.15, 0.2) is 0 Å². The van der Waals surface area contributed by atoms with Gasteiger partial charge in [-0.3, -0.25) is 4.79 Å². The number of methoxy groups -OCH3 is 1. The van der Waals surface area contributed by atoms with Crippen molar-refractivity contribution >= 4 is 29.3 Å². The van der Waals surface area contributed by atoms with Crippen molar-refractivity contribution < 1.29 is 9.53 Å². The van der Waals surface area contributed by atoms with Crippen molar-refractivity contribution in [2.75, 3.05) is 7.11 Å². The van der Waals surface area contributed by atoms with Crippen LogP contribution in [0, 0.1) is 0 Å². The number of rotatable bonds is 6. The number of thioether (sulfide) groups is 1. The second kappa shape index (κ2) is 8.11. The van der Waals surface area contributed by atoms with Crippen LogP contribution in [0.25, 0.3) is 0 Å². The molecule has 0 spiro atoms. The molecule has 0 aromatic heterocycles. The molecule has 2 nitrogen and oxygen atoms in total. The van der Waals surface area contributed by atoms with Gasteiger partial charge < -0.3 is 4.74 Å². The summed E-state index contributed by atoms with van der Waals surface area (Å²) in [5, 5.41) is -0.334. The average Bonchev–Trinajstić information content (AvgIpc) is 2.55. The van der Waals surface area contributed by atoms with E-state index in [0.29, 0.717) is 0 Å². The highest BCUT2D eigenvalue weighted by Gasteiger charge is 2.25. The van der Waals surface area contributed by atoms with Crippen molar-refractivity contribution in [3.05, 3.63) is 66.2 Å². The number of carbonyl (C=O) groups is 1. The maximum absolute atomic E-state index is 11.7. The van der Waals surface area contributed by atoms with Crippen LogP contribution in [0.3, 0.4) is 0 Å². The highest BCUT2D eigenvalue weighted by Crippen LogP contribution is 2.38. The van der Waals surface area contributed by atoms with Crippen LogP contribution in [0.1, 0.15) is 17.4 Å². The van der Waals surface area contributed by atoms with E-state index in [1.165, 1.54) is 7.11 Å².